The summed E-state index contributed by atoms with van der Waals surface area (Å²) >= 11 is 0. The number of rotatable bonds is 4. The number of benzene rings is 2. The molecule has 5 nitrogen and oxygen atoms in total. The van der Waals surface area contributed by atoms with Gasteiger partial charge in [0.05, 0.1) is 30.9 Å². The standard InChI is InChI=1S/C22H21NO4/c1-2-12-26-21(25)18-17-10-11-22(27-17)13-23(20(24)19(18)22)16-9-5-7-14-6-3-4-8-15(14)16/h3-11,17-19H,2,12-13H2,1H3/t17-,18+,19-,22+/m0/s1. The predicted molar refractivity (Wildman–Crippen MR) is 101 cm³/mol. The summed E-state index contributed by atoms with van der Waals surface area (Å²) in [6, 6.07) is 14.0. The SMILES string of the molecule is CCCOC(=O)[C@@H]1[C@@H]2C=C[C@]3(CN(c4cccc5ccccc45)C(=O)[C@H]13)O2. The van der Waals surface area contributed by atoms with Crippen molar-refractivity contribution in [1.82, 2.24) is 0 Å². The van der Waals surface area contributed by atoms with Gasteiger partial charge in [0.2, 0.25) is 5.91 Å². The van der Waals surface area contributed by atoms with Crippen LogP contribution in [0.25, 0.3) is 10.8 Å². The highest BCUT2D eigenvalue weighted by Gasteiger charge is 2.67. The smallest absolute Gasteiger partial charge is 0.312 e. The molecule has 0 radical (unpaired) electrons. The van der Waals surface area contributed by atoms with Gasteiger partial charge in [0, 0.05) is 5.39 Å². The maximum absolute atomic E-state index is 13.4. The molecule has 138 valence electrons. The monoisotopic (exact) mass is 363 g/mol. The number of esters is 1. The summed E-state index contributed by atoms with van der Waals surface area (Å²) in [5.74, 6) is -1.47. The number of fused-ring (bicyclic) bond motifs is 2. The van der Waals surface area contributed by atoms with Crippen LogP contribution in [0.1, 0.15) is 13.3 Å². The molecule has 3 aliphatic rings. The first kappa shape index (κ1) is 16.5. The van der Waals surface area contributed by atoms with E-state index in [1.165, 1.54) is 0 Å². The van der Waals surface area contributed by atoms with E-state index < -0.39 is 17.4 Å². The van der Waals surface area contributed by atoms with E-state index in [0.29, 0.717) is 13.2 Å². The van der Waals surface area contributed by atoms with Gasteiger partial charge < -0.3 is 14.4 Å². The van der Waals surface area contributed by atoms with Gasteiger partial charge in [0.25, 0.3) is 0 Å². The summed E-state index contributed by atoms with van der Waals surface area (Å²) in [4.78, 5) is 27.8. The molecule has 3 heterocycles. The Kier molecular flexibility index (Phi) is 3.62. The fourth-order valence-electron chi connectivity index (χ4n) is 4.71. The van der Waals surface area contributed by atoms with Crippen LogP contribution in [0.15, 0.2) is 54.6 Å². The minimum atomic E-state index is -0.728. The van der Waals surface area contributed by atoms with Gasteiger partial charge in [-0.3, -0.25) is 9.59 Å². The second-order valence-corrected chi connectivity index (χ2v) is 7.49. The lowest BCUT2D eigenvalue weighted by Gasteiger charge is -2.22. The molecule has 2 fully saturated rings. The largest absolute Gasteiger partial charge is 0.465 e. The van der Waals surface area contributed by atoms with Crippen molar-refractivity contribution in [3.05, 3.63) is 54.6 Å². The lowest BCUT2D eigenvalue weighted by atomic mass is 9.77. The van der Waals surface area contributed by atoms with Gasteiger partial charge in [0.1, 0.15) is 11.5 Å². The van der Waals surface area contributed by atoms with E-state index in [1.807, 2.05) is 61.5 Å². The summed E-state index contributed by atoms with van der Waals surface area (Å²) in [6.07, 6.45) is 4.27. The molecular weight excluding hydrogens is 342 g/mol. The zero-order chi connectivity index (χ0) is 18.6. The van der Waals surface area contributed by atoms with Crippen LogP contribution < -0.4 is 4.90 Å². The second kappa shape index (κ2) is 5.92. The molecule has 0 aliphatic carbocycles. The highest BCUT2D eigenvalue weighted by atomic mass is 16.6. The summed E-state index contributed by atoms with van der Waals surface area (Å²) in [7, 11) is 0. The summed E-state index contributed by atoms with van der Waals surface area (Å²) < 4.78 is 11.5. The average molecular weight is 363 g/mol. The Hall–Kier alpha value is -2.66. The third-order valence-corrected chi connectivity index (χ3v) is 5.88. The second-order valence-electron chi connectivity index (χ2n) is 7.49. The Morgan fingerprint density at radius 2 is 2.07 bits per heavy atom. The Morgan fingerprint density at radius 1 is 1.26 bits per heavy atom. The summed E-state index contributed by atoms with van der Waals surface area (Å²) in [5.41, 5.74) is 0.136. The van der Waals surface area contributed by atoms with E-state index in [1.54, 1.807) is 4.90 Å². The first-order valence-electron chi connectivity index (χ1n) is 9.47. The van der Waals surface area contributed by atoms with Crippen LogP contribution >= 0.6 is 0 Å². The number of hydrogen-bond acceptors (Lipinski definition) is 4. The molecule has 2 bridgehead atoms. The molecule has 2 saturated heterocycles. The van der Waals surface area contributed by atoms with Crippen LogP contribution in [0, 0.1) is 11.8 Å². The third-order valence-electron chi connectivity index (χ3n) is 5.88. The normalized spacial score (nSPS) is 30.9. The molecular formula is C22H21NO4. The number of amides is 1. The van der Waals surface area contributed by atoms with E-state index in [4.69, 9.17) is 9.47 Å². The van der Waals surface area contributed by atoms with Gasteiger partial charge in [-0.15, -0.1) is 0 Å². The number of carbonyl (C=O) groups is 2. The van der Waals surface area contributed by atoms with Crippen molar-refractivity contribution in [1.29, 1.82) is 0 Å². The highest BCUT2D eigenvalue weighted by molar-refractivity contribution is 6.08. The molecule has 0 N–H and O–H groups in total. The molecule has 27 heavy (non-hydrogen) atoms. The maximum Gasteiger partial charge on any atom is 0.312 e. The number of ether oxygens (including phenoxy) is 2. The molecule has 4 atom stereocenters. The molecule has 0 saturated carbocycles. The van der Waals surface area contributed by atoms with E-state index in [9.17, 15) is 9.59 Å². The minimum Gasteiger partial charge on any atom is -0.465 e. The van der Waals surface area contributed by atoms with Gasteiger partial charge in [-0.2, -0.15) is 0 Å². The number of nitrogens with zero attached hydrogens (tertiary/aromatic N) is 1. The molecule has 0 unspecified atom stereocenters. The Balaban J connectivity index is 1.53. The summed E-state index contributed by atoms with van der Waals surface area (Å²) in [6.45, 7) is 2.75. The highest BCUT2D eigenvalue weighted by Crippen LogP contribution is 2.53. The first-order valence-corrected chi connectivity index (χ1v) is 9.47. The van der Waals surface area contributed by atoms with Crippen LogP contribution in [-0.2, 0) is 19.1 Å². The van der Waals surface area contributed by atoms with Crippen molar-refractivity contribution in [2.45, 2.75) is 25.0 Å². The van der Waals surface area contributed by atoms with Crippen molar-refractivity contribution in [2.24, 2.45) is 11.8 Å². The van der Waals surface area contributed by atoms with Crippen LogP contribution in [-0.4, -0.2) is 36.7 Å². The molecule has 1 spiro atoms. The van der Waals surface area contributed by atoms with E-state index in [0.717, 1.165) is 22.9 Å². The van der Waals surface area contributed by atoms with Gasteiger partial charge in [0.15, 0.2) is 0 Å². The molecule has 2 aromatic carbocycles. The number of hydrogen-bond donors (Lipinski definition) is 0. The molecule has 2 aromatic rings. The number of anilines is 1. The minimum absolute atomic E-state index is 0.0587. The zero-order valence-corrected chi connectivity index (χ0v) is 15.1. The third kappa shape index (κ3) is 2.28. The quantitative estimate of drug-likeness (QED) is 0.619. The van der Waals surface area contributed by atoms with Crippen molar-refractivity contribution >= 4 is 28.3 Å². The zero-order valence-electron chi connectivity index (χ0n) is 15.1. The summed E-state index contributed by atoms with van der Waals surface area (Å²) in [5, 5.41) is 2.10. The van der Waals surface area contributed by atoms with Crippen molar-refractivity contribution in [2.75, 3.05) is 18.1 Å². The average Bonchev–Trinajstić information content (AvgIpc) is 3.34. The van der Waals surface area contributed by atoms with Gasteiger partial charge in [-0.05, 0) is 17.9 Å². The number of carbonyl (C=O) groups excluding carboxylic acids is 2. The Bertz CT molecular complexity index is 962. The molecule has 5 rings (SSSR count). The van der Waals surface area contributed by atoms with Crippen LogP contribution in [0.2, 0.25) is 0 Å². The Morgan fingerprint density at radius 3 is 2.93 bits per heavy atom. The van der Waals surface area contributed by atoms with E-state index in [-0.39, 0.29) is 18.0 Å². The fourth-order valence-corrected chi connectivity index (χ4v) is 4.71. The molecule has 1 amide bonds. The lowest BCUT2D eigenvalue weighted by Crippen LogP contribution is -2.40. The van der Waals surface area contributed by atoms with Crippen molar-refractivity contribution in [3.8, 4) is 0 Å². The van der Waals surface area contributed by atoms with Crippen molar-refractivity contribution in [3.63, 3.8) is 0 Å². The first-order chi connectivity index (χ1) is 13.1. The predicted octanol–water partition coefficient (Wildman–Crippen LogP) is 3.08. The molecule has 3 aliphatic heterocycles. The van der Waals surface area contributed by atoms with Gasteiger partial charge in [-0.25, -0.2) is 0 Å². The van der Waals surface area contributed by atoms with Crippen LogP contribution in [0.4, 0.5) is 5.69 Å². The van der Waals surface area contributed by atoms with Gasteiger partial charge in [-0.1, -0.05) is 55.5 Å². The van der Waals surface area contributed by atoms with Crippen LogP contribution in [0.5, 0.6) is 0 Å². The van der Waals surface area contributed by atoms with Crippen LogP contribution in [0.3, 0.4) is 0 Å². The topological polar surface area (TPSA) is 55.8 Å². The van der Waals surface area contributed by atoms with E-state index >= 15 is 0 Å². The maximum atomic E-state index is 13.4. The van der Waals surface area contributed by atoms with E-state index in [2.05, 4.69) is 0 Å². The molecule has 0 aromatic heterocycles. The lowest BCUT2D eigenvalue weighted by molar-refractivity contribution is -0.152. The van der Waals surface area contributed by atoms with Gasteiger partial charge >= 0.3 is 5.97 Å². The Labute approximate surface area is 157 Å². The molecule has 5 heteroatoms. The van der Waals surface area contributed by atoms with Crippen molar-refractivity contribution < 1.29 is 19.1 Å². The fraction of sp³-hybridized carbons (Fsp3) is 0.364.